The molecule has 0 aromatic heterocycles. The zero-order chi connectivity index (χ0) is 19.2. The summed E-state index contributed by atoms with van der Waals surface area (Å²) >= 11 is 0. The van der Waals surface area contributed by atoms with Gasteiger partial charge in [0.2, 0.25) is 11.8 Å². The molecule has 0 saturated heterocycles. The van der Waals surface area contributed by atoms with Crippen LogP contribution in [0.5, 0.6) is 0 Å². The van der Waals surface area contributed by atoms with Crippen molar-refractivity contribution < 1.29 is 22.8 Å². The Morgan fingerprint density at radius 3 is 2.35 bits per heavy atom. The molecule has 0 fully saturated rings. The quantitative estimate of drug-likeness (QED) is 0.735. The van der Waals surface area contributed by atoms with Crippen molar-refractivity contribution in [2.75, 3.05) is 17.2 Å². The molecular weight excluding hydrogens is 347 g/mol. The first-order valence-corrected chi connectivity index (χ1v) is 7.79. The first-order valence-electron chi connectivity index (χ1n) is 7.79. The van der Waals surface area contributed by atoms with E-state index in [1.807, 2.05) is 30.3 Å². The largest absolute Gasteiger partial charge is 0.418 e. The fraction of sp³-hybridized carbons (Fsp3) is 0.222. The van der Waals surface area contributed by atoms with Crippen LogP contribution in [0.3, 0.4) is 0 Å². The number of benzene rings is 2. The summed E-state index contributed by atoms with van der Waals surface area (Å²) in [5, 5.41) is 7.42. The van der Waals surface area contributed by atoms with E-state index in [1.54, 1.807) is 0 Å². The van der Waals surface area contributed by atoms with Crippen LogP contribution in [0.4, 0.5) is 24.5 Å². The van der Waals surface area contributed by atoms with Gasteiger partial charge in [0.25, 0.3) is 0 Å². The standard InChI is InChI=1S/C18H18F3N3O2/c1-12(25)24-14-7-8-16(15(9-14)18(19,20)21)22-11-17(26)23-10-13-5-3-2-4-6-13/h2-9,22H,10-11H2,1H3,(H,23,26)(H,24,25). The number of carbonyl (C=O) groups excluding carboxylic acids is 2. The zero-order valence-corrected chi connectivity index (χ0v) is 14.0. The summed E-state index contributed by atoms with van der Waals surface area (Å²) in [6.45, 7) is 1.18. The molecule has 0 aliphatic carbocycles. The smallest absolute Gasteiger partial charge is 0.376 e. The van der Waals surface area contributed by atoms with Crippen molar-refractivity contribution in [2.24, 2.45) is 0 Å². The molecule has 0 bridgehead atoms. The van der Waals surface area contributed by atoms with Gasteiger partial charge in [-0.1, -0.05) is 30.3 Å². The average molecular weight is 365 g/mol. The lowest BCUT2D eigenvalue weighted by Crippen LogP contribution is -2.30. The fourth-order valence-electron chi connectivity index (χ4n) is 2.25. The van der Waals surface area contributed by atoms with Crippen LogP contribution in [0.2, 0.25) is 0 Å². The number of hydrogen-bond donors (Lipinski definition) is 3. The maximum atomic E-state index is 13.2. The third kappa shape index (κ3) is 5.80. The number of anilines is 2. The SMILES string of the molecule is CC(=O)Nc1ccc(NCC(=O)NCc2ccccc2)c(C(F)(F)F)c1. The second-order valence-electron chi connectivity index (χ2n) is 5.56. The number of rotatable bonds is 6. The van der Waals surface area contributed by atoms with Crippen LogP contribution in [0.1, 0.15) is 18.1 Å². The van der Waals surface area contributed by atoms with Gasteiger partial charge in [0, 0.05) is 24.8 Å². The van der Waals surface area contributed by atoms with Crippen LogP contribution >= 0.6 is 0 Å². The molecule has 5 nitrogen and oxygen atoms in total. The Morgan fingerprint density at radius 2 is 1.73 bits per heavy atom. The highest BCUT2D eigenvalue weighted by atomic mass is 19.4. The van der Waals surface area contributed by atoms with Crippen molar-refractivity contribution in [1.82, 2.24) is 5.32 Å². The molecule has 8 heteroatoms. The summed E-state index contributed by atoms with van der Waals surface area (Å²) in [4.78, 5) is 22.9. The number of halogens is 3. The minimum atomic E-state index is -4.63. The lowest BCUT2D eigenvalue weighted by atomic mass is 10.1. The van der Waals surface area contributed by atoms with Crippen molar-refractivity contribution in [1.29, 1.82) is 0 Å². The second-order valence-corrected chi connectivity index (χ2v) is 5.56. The summed E-state index contributed by atoms with van der Waals surface area (Å²) in [6.07, 6.45) is -4.63. The van der Waals surface area contributed by atoms with Crippen LogP contribution in [-0.2, 0) is 22.3 Å². The van der Waals surface area contributed by atoms with Crippen LogP contribution in [0, 0.1) is 0 Å². The summed E-state index contributed by atoms with van der Waals surface area (Å²) in [7, 11) is 0. The first kappa shape index (κ1) is 19.3. The maximum Gasteiger partial charge on any atom is 0.418 e. The average Bonchev–Trinajstić information content (AvgIpc) is 2.58. The molecule has 0 atom stereocenters. The molecule has 0 aliphatic rings. The van der Waals surface area contributed by atoms with Crippen molar-refractivity contribution in [3.05, 3.63) is 59.7 Å². The number of alkyl halides is 3. The molecule has 0 aliphatic heterocycles. The van der Waals surface area contributed by atoms with Crippen molar-refractivity contribution in [3.8, 4) is 0 Å². The highest BCUT2D eigenvalue weighted by molar-refractivity contribution is 5.89. The summed E-state index contributed by atoms with van der Waals surface area (Å²) in [5.41, 5.74) is -0.276. The topological polar surface area (TPSA) is 70.2 Å². The normalized spacial score (nSPS) is 10.9. The number of carbonyl (C=O) groups is 2. The van der Waals surface area contributed by atoms with Gasteiger partial charge in [0.1, 0.15) is 0 Å². The van der Waals surface area contributed by atoms with Gasteiger partial charge >= 0.3 is 6.18 Å². The van der Waals surface area contributed by atoms with E-state index < -0.39 is 23.6 Å². The predicted molar refractivity (Wildman–Crippen MR) is 92.5 cm³/mol. The molecule has 2 aromatic carbocycles. The number of nitrogens with one attached hydrogen (secondary N) is 3. The van der Waals surface area contributed by atoms with Crippen molar-refractivity contribution in [3.63, 3.8) is 0 Å². The lowest BCUT2D eigenvalue weighted by Gasteiger charge is -2.16. The van der Waals surface area contributed by atoms with Gasteiger partial charge in [-0.05, 0) is 23.8 Å². The summed E-state index contributed by atoms with van der Waals surface area (Å²) < 4.78 is 39.6. The highest BCUT2D eigenvalue weighted by Crippen LogP contribution is 2.36. The van der Waals surface area contributed by atoms with Gasteiger partial charge in [0.05, 0.1) is 12.1 Å². The van der Waals surface area contributed by atoms with E-state index in [4.69, 9.17) is 0 Å². The van der Waals surface area contributed by atoms with E-state index in [0.29, 0.717) is 0 Å². The Hall–Kier alpha value is -3.03. The molecule has 0 saturated carbocycles. The molecule has 138 valence electrons. The summed E-state index contributed by atoms with van der Waals surface area (Å²) in [5.74, 6) is -0.910. The van der Waals surface area contributed by atoms with Crippen LogP contribution < -0.4 is 16.0 Å². The van der Waals surface area contributed by atoms with E-state index in [2.05, 4.69) is 16.0 Å². The van der Waals surface area contributed by atoms with E-state index in [0.717, 1.165) is 11.6 Å². The van der Waals surface area contributed by atoms with E-state index in [9.17, 15) is 22.8 Å². The van der Waals surface area contributed by atoms with Gasteiger partial charge in [-0.3, -0.25) is 9.59 Å². The lowest BCUT2D eigenvalue weighted by molar-refractivity contribution is -0.137. The summed E-state index contributed by atoms with van der Waals surface area (Å²) in [6, 6.07) is 12.5. The Bertz CT molecular complexity index is 777. The number of amides is 2. The Kier molecular flexibility index (Phi) is 6.21. The van der Waals surface area contributed by atoms with Crippen LogP contribution in [-0.4, -0.2) is 18.4 Å². The minimum Gasteiger partial charge on any atom is -0.376 e. The molecule has 2 amide bonds. The Balaban J connectivity index is 2.01. The van der Waals surface area contributed by atoms with Gasteiger partial charge in [0.15, 0.2) is 0 Å². The van der Waals surface area contributed by atoms with Gasteiger partial charge in [-0.2, -0.15) is 13.2 Å². The zero-order valence-electron chi connectivity index (χ0n) is 14.0. The monoisotopic (exact) mass is 365 g/mol. The fourth-order valence-corrected chi connectivity index (χ4v) is 2.25. The third-order valence-electron chi connectivity index (χ3n) is 3.42. The van der Waals surface area contributed by atoms with E-state index in [-0.39, 0.29) is 24.5 Å². The Morgan fingerprint density at radius 1 is 1.04 bits per heavy atom. The van der Waals surface area contributed by atoms with Crippen LogP contribution in [0.15, 0.2) is 48.5 Å². The van der Waals surface area contributed by atoms with Crippen molar-refractivity contribution >= 4 is 23.2 Å². The van der Waals surface area contributed by atoms with Crippen LogP contribution in [0.25, 0.3) is 0 Å². The van der Waals surface area contributed by atoms with E-state index >= 15 is 0 Å². The highest BCUT2D eigenvalue weighted by Gasteiger charge is 2.34. The van der Waals surface area contributed by atoms with Gasteiger partial charge in [-0.25, -0.2) is 0 Å². The molecule has 0 heterocycles. The molecular formula is C18H18F3N3O2. The minimum absolute atomic E-state index is 0.0314. The van der Waals surface area contributed by atoms with E-state index in [1.165, 1.54) is 19.1 Å². The number of hydrogen-bond acceptors (Lipinski definition) is 3. The molecule has 2 aromatic rings. The molecule has 2 rings (SSSR count). The molecule has 0 radical (unpaired) electrons. The molecule has 3 N–H and O–H groups in total. The second kappa shape index (κ2) is 8.37. The molecule has 0 unspecified atom stereocenters. The van der Waals surface area contributed by atoms with Gasteiger partial charge in [-0.15, -0.1) is 0 Å². The Labute approximate surface area is 148 Å². The van der Waals surface area contributed by atoms with Crippen molar-refractivity contribution in [2.45, 2.75) is 19.6 Å². The predicted octanol–water partition coefficient (Wildman–Crippen LogP) is 3.39. The maximum absolute atomic E-state index is 13.2. The molecule has 0 spiro atoms. The molecule has 26 heavy (non-hydrogen) atoms. The van der Waals surface area contributed by atoms with Gasteiger partial charge < -0.3 is 16.0 Å². The third-order valence-corrected chi connectivity index (χ3v) is 3.42. The first-order chi connectivity index (χ1) is 12.3.